The predicted octanol–water partition coefficient (Wildman–Crippen LogP) is 2.88. The van der Waals surface area contributed by atoms with Crippen LogP contribution in [0.25, 0.3) is 0 Å². The molecular formula is C16H24N2. The third-order valence-electron chi connectivity index (χ3n) is 4.58. The van der Waals surface area contributed by atoms with Crippen molar-refractivity contribution in [1.29, 1.82) is 0 Å². The van der Waals surface area contributed by atoms with Crippen molar-refractivity contribution < 1.29 is 0 Å². The van der Waals surface area contributed by atoms with Crippen LogP contribution in [0, 0.1) is 0 Å². The Morgan fingerprint density at radius 3 is 2.11 bits per heavy atom. The lowest BCUT2D eigenvalue weighted by atomic mass is 9.87. The van der Waals surface area contributed by atoms with E-state index in [9.17, 15) is 0 Å². The fourth-order valence-corrected chi connectivity index (χ4v) is 3.34. The van der Waals surface area contributed by atoms with E-state index in [0.717, 1.165) is 12.1 Å². The van der Waals surface area contributed by atoms with Crippen molar-refractivity contribution in [3.8, 4) is 0 Å². The Balaban J connectivity index is 1.79. The van der Waals surface area contributed by atoms with E-state index in [1.165, 1.54) is 30.8 Å². The minimum Gasteiger partial charge on any atom is -0.366 e. The van der Waals surface area contributed by atoms with Crippen LogP contribution in [0.5, 0.6) is 0 Å². The van der Waals surface area contributed by atoms with E-state index in [1.807, 2.05) is 0 Å². The molecule has 2 fully saturated rings. The van der Waals surface area contributed by atoms with Crippen molar-refractivity contribution in [3.05, 3.63) is 29.8 Å². The van der Waals surface area contributed by atoms with Gasteiger partial charge in [0, 0.05) is 30.9 Å². The smallest absolute Gasteiger partial charge is 0.0433 e. The second-order valence-electron chi connectivity index (χ2n) is 6.93. The Kier molecular flexibility index (Phi) is 2.67. The molecule has 2 atom stereocenters. The Hall–Kier alpha value is -1.02. The summed E-state index contributed by atoms with van der Waals surface area (Å²) in [7, 11) is 2.25. The zero-order valence-corrected chi connectivity index (χ0v) is 12.0. The lowest BCUT2D eigenvalue weighted by Crippen LogP contribution is -2.44. The maximum Gasteiger partial charge on any atom is 0.0433 e. The molecule has 0 spiro atoms. The highest BCUT2D eigenvalue weighted by molar-refractivity contribution is 5.51. The third kappa shape index (κ3) is 1.93. The molecule has 2 aliphatic heterocycles. The molecular weight excluding hydrogens is 220 g/mol. The largest absolute Gasteiger partial charge is 0.366 e. The highest BCUT2D eigenvalue weighted by Crippen LogP contribution is 2.34. The molecule has 2 heterocycles. The van der Waals surface area contributed by atoms with Gasteiger partial charge in [0.05, 0.1) is 0 Å². The van der Waals surface area contributed by atoms with Crippen LogP contribution >= 0.6 is 0 Å². The number of benzene rings is 1. The molecule has 2 nitrogen and oxygen atoms in total. The first-order chi connectivity index (χ1) is 8.45. The maximum absolute atomic E-state index is 2.59. The second-order valence-corrected chi connectivity index (χ2v) is 6.93. The van der Waals surface area contributed by atoms with Gasteiger partial charge in [0.1, 0.15) is 0 Å². The van der Waals surface area contributed by atoms with Crippen molar-refractivity contribution in [1.82, 2.24) is 4.90 Å². The van der Waals surface area contributed by atoms with Crippen molar-refractivity contribution >= 4 is 5.69 Å². The number of anilines is 1. The molecule has 2 unspecified atom stereocenters. The molecule has 2 saturated heterocycles. The number of rotatable bonds is 1. The van der Waals surface area contributed by atoms with Gasteiger partial charge < -0.3 is 4.90 Å². The summed E-state index contributed by atoms with van der Waals surface area (Å²) in [6.45, 7) is 9.25. The molecule has 2 heteroatoms. The minimum atomic E-state index is 0.253. The van der Waals surface area contributed by atoms with E-state index in [-0.39, 0.29) is 5.41 Å². The summed E-state index contributed by atoms with van der Waals surface area (Å²) < 4.78 is 0. The number of likely N-dealkylation sites (tertiary alicyclic amines) is 1. The quantitative estimate of drug-likeness (QED) is 0.749. The minimum absolute atomic E-state index is 0.253. The monoisotopic (exact) mass is 244 g/mol. The van der Waals surface area contributed by atoms with Crippen LogP contribution in [-0.2, 0) is 5.41 Å². The average molecular weight is 244 g/mol. The molecule has 98 valence electrons. The first-order valence-electron chi connectivity index (χ1n) is 7.02. The number of hydrogen-bond donors (Lipinski definition) is 0. The number of nitrogens with zero attached hydrogens (tertiary/aromatic N) is 2. The molecule has 2 aliphatic rings. The maximum atomic E-state index is 2.59. The first kappa shape index (κ1) is 12.0. The zero-order chi connectivity index (χ0) is 12.9. The fraction of sp³-hybridized carbons (Fsp3) is 0.625. The van der Waals surface area contributed by atoms with Crippen molar-refractivity contribution in [2.45, 2.75) is 44.7 Å². The number of hydrogen-bond acceptors (Lipinski definition) is 2. The average Bonchev–Trinajstić information content (AvgIpc) is 2.86. The van der Waals surface area contributed by atoms with E-state index >= 15 is 0 Å². The summed E-state index contributed by atoms with van der Waals surface area (Å²) in [6, 6.07) is 10.7. The molecule has 0 N–H and O–H groups in total. The van der Waals surface area contributed by atoms with Gasteiger partial charge >= 0.3 is 0 Å². The molecule has 18 heavy (non-hydrogen) atoms. The molecule has 0 aliphatic carbocycles. The lowest BCUT2D eigenvalue weighted by Gasteiger charge is -2.34. The molecule has 0 radical (unpaired) electrons. The summed E-state index contributed by atoms with van der Waals surface area (Å²) in [4.78, 5) is 5.10. The standard InChI is InChI=1S/C16H24N2/c1-16(2,3)12-5-7-13(8-6-12)18-11-14-9-15(18)10-17(14)4/h5-8,14-15H,9-11H2,1-4H3. The van der Waals surface area contributed by atoms with Crippen LogP contribution in [0.1, 0.15) is 32.8 Å². The van der Waals surface area contributed by atoms with Crippen LogP contribution in [0.3, 0.4) is 0 Å². The van der Waals surface area contributed by atoms with Crippen LogP contribution in [-0.4, -0.2) is 37.1 Å². The molecule has 1 aromatic carbocycles. The molecule has 2 bridgehead atoms. The topological polar surface area (TPSA) is 6.48 Å². The first-order valence-corrected chi connectivity index (χ1v) is 7.02. The Morgan fingerprint density at radius 1 is 1.00 bits per heavy atom. The van der Waals surface area contributed by atoms with Crippen molar-refractivity contribution in [2.24, 2.45) is 0 Å². The van der Waals surface area contributed by atoms with Gasteiger partial charge in [0.15, 0.2) is 0 Å². The number of fused-ring (bicyclic) bond motifs is 2. The van der Waals surface area contributed by atoms with E-state index in [4.69, 9.17) is 0 Å². The zero-order valence-electron chi connectivity index (χ0n) is 12.0. The molecule has 0 aromatic heterocycles. The summed E-state index contributed by atoms with van der Waals surface area (Å²) in [5.41, 5.74) is 3.08. The van der Waals surface area contributed by atoms with Gasteiger partial charge in [-0.2, -0.15) is 0 Å². The second kappa shape index (κ2) is 3.99. The Labute approximate surface area is 111 Å². The summed E-state index contributed by atoms with van der Waals surface area (Å²) in [5, 5.41) is 0. The highest BCUT2D eigenvalue weighted by Gasteiger charge is 2.41. The van der Waals surface area contributed by atoms with Crippen LogP contribution in [0.4, 0.5) is 5.69 Å². The van der Waals surface area contributed by atoms with E-state index in [1.54, 1.807) is 0 Å². The van der Waals surface area contributed by atoms with Crippen LogP contribution in [0.2, 0.25) is 0 Å². The number of piperazine rings is 1. The molecule has 3 rings (SSSR count). The highest BCUT2D eigenvalue weighted by atomic mass is 15.3. The van der Waals surface area contributed by atoms with Gasteiger partial charge in [-0.15, -0.1) is 0 Å². The van der Waals surface area contributed by atoms with Crippen LogP contribution in [0.15, 0.2) is 24.3 Å². The van der Waals surface area contributed by atoms with E-state index in [0.29, 0.717) is 0 Å². The van der Waals surface area contributed by atoms with E-state index in [2.05, 4.69) is 61.9 Å². The van der Waals surface area contributed by atoms with Crippen LogP contribution < -0.4 is 4.90 Å². The van der Waals surface area contributed by atoms with E-state index < -0.39 is 0 Å². The van der Waals surface area contributed by atoms with Gasteiger partial charge in [-0.3, -0.25) is 4.90 Å². The van der Waals surface area contributed by atoms with Gasteiger partial charge in [-0.05, 0) is 36.6 Å². The number of likely N-dealkylation sites (N-methyl/N-ethyl adjacent to an activating group) is 1. The molecule has 0 saturated carbocycles. The lowest BCUT2D eigenvalue weighted by molar-refractivity contribution is 0.292. The van der Waals surface area contributed by atoms with Crippen molar-refractivity contribution in [3.63, 3.8) is 0 Å². The normalized spacial score (nSPS) is 28.1. The summed E-state index contributed by atoms with van der Waals surface area (Å²) in [6.07, 6.45) is 1.34. The van der Waals surface area contributed by atoms with Gasteiger partial charge in [0.2, 0.25) is 0 Å². The molecule has 0 amide bonds. The summed E-state index contributed by atoms with van der Waals surface area (Å²) in [5.74, 6) is 0. The Bertz CT molecular complexity index is 427. The third-order valence-corrected chi connectivity index (χ3v) is 4.58. The van der Waals surface area contributed by atoms with Gasteiger partial charge in [-0.1, -0.05) is 32.9 Å². The van der Waals surface area contributed by atoms with Gasteiger partial charge in [0.25, 0.3) is 0 Å². The predicted molar refractivity (Wildman–Crippen MR) is 77.3 cm³/mol. The molecule has 1 aromatic rings. The van der Waals surface area contributed by atoms with Crippen molar-refractivity contribution in [2.75, 3.05) is 25.0 Å². The SMILES string of the molecule is CN1CC2CC1CN2c1ccc(C(C)(C)C)cc1. The Morgan fingerprint density at radius 2 is 1.67 bits per heavy atom. The summed E-state index contributed by atoms with van der Waals surface area (Å²) >= 11 is 0. The fourth-order valence-electron chi connectivity index (χ4n) is 3.34. The van der Waals surface area contributed by atoms with Gasteiger partial charge in [-0.25, -0.2) is 0 Å².